The molecule has 1 aliphatic rings. The van der Waals surface area contributed by atoms with Gasteiger partial charge in [0.2, 0.25) is 0 Å². The van der Waals surface area contributed by atoms with Crippen LogP contribution in [0.1, 0.15) is 45.9 Å². The van der Waals surface area contributed by atoms with Crippen LogP contribution < -0.4 is 5.32 Å². The molecule has 1 N–H and O–H groups in total. The molecular weight excluding hydrogens is 224 g/mol. The average molecular weight is 250 g/mol. The number of nitrogens with one attached hydrogen (secondary N) is 1. The second-order valence-electron chi connectivity index (χ2n) is 5.67. The van der Waals surface area contributed by atoms with Crippen molar-refractivity contribution in [3.63, 3.8) is 0 Å². The van der Waals surface area contributed by atoms with Gasteiger partial charge in [0.05, 0.1) is 5.69 Å². The maximum absolute atomic E-state index is 4.64. The fourth-order valence-corrected chi connectivity index (χ4v) is 2.45. The fourth-order valence-electron chi connectivity index (χ4n) is 2.45. The molecule has 0 aliphatic carbocycles. The molecule has 1 aliphatic heterocycles. The lowest BCUT2D eigenvalue weighted by molar-refractivity contribution is 0.129. The van der Waals surface area contributed by atoms with E-state index in [9.17, 15) is 0 Å². The molecule has 18 heavy (non-hydrogen) atoms. The lowest BCUT2D eigenvalue weighted by atomic mass is 10.1. The Bertz CT molecular complexity index is 372. The minimum absolute atomic E-state index is 0.447. The first-order valence-corrected chi connectivity index (χ1v) is 7.11. The summed E-state index contributed by atoms with van der Waals surface area (Å²) in [5.74, 6) is 0. The Kier molecular flexibility index (Phi) is 4.40. The zero-order chi connectivity index (χ0) is 13.1. The van der Waals surface area contributed by atoms with Crippen molar-refractivity contribution in [3.8, 4) is 0 Å². The van der Waals surface area contributed by atoms with Crippen molar-refractivity contribution in [2.24, 2.45) is 0 Å². The van der Waals surface area contributed by atoms with Crippen LogP contribution in [0.15, 0.2) is 12.3 Å². The summed E-state index contributed by atoms with van der Waals surface area (Å²) in [6.07, 6.45) is 3.29. The van der Waals surface area contributed by atoms with E-state index in [1.807, 2.05) is 4.68 Å². The number of piperazine rings is 1. The highest BCUT2D eigenvalue weighted by Gasteiger charge is 2.24. The largest absolute Gasteiger partial charge is 0.311 e. The number of rotatable bonds is 4. The third-order valence-electron chi connectivity index (χ3n) is 3.83. The fraction of sp³-hybridized carbons (Fsp3) is 0.786. The van der Waals surface area contributed by atoms with Crippen LogP contribution in [0.2, 0.25) is 0 Å². The lowest BCUT2D eigenvalue weighted by Crippen LogP contribution is -2.54. The predicted octanol–water partition coefficient (Wildman–Crippen LogP) is 2.04. The van der Waals surface area contributed by atoms with E-state index in [-0.39, 0.29) is 0 Å². The van der Waals surface area contributed by atoms with Crippen molar-refractivity contribution in [3.05, 3.63) is 18.0 Å². The summed E-state index contributed by atoms with van der Waals surface area (Å²) >= 11 is 0. The van der Waals surface area contributed by atoms with Crippen LogP contribution in [0.4, 0.5) is 0 Å². The Hall–Kier alpha value is -0.870. The van der Waals surface area contributed by atoms with Crippen molar-refractivity contribution < 1.29 is 0 Å². The smallest absolute Gasteiger partial charge is 0.0765 e. The molecule has 4 heteroatoms. The molecule has 0 amide bonds. The highest BCUT2D eigenvalue weighted by atomic mass is 15.3. The minimum Gasteiger partial charge on any atom is -0.311 e. The minimum atomic E-state index is 0.447. The topological polar surface area (TPSA) is 33.1 Å². The zero-order valence-electron chi connectivity index (χ0n) is 12.1. The Balaban J connectivity index is 1.98. The standard InChI is InChI=1S/C14H26N4/c1-5-13-9-17(12(4)8-15-13)10-14-6-7-18(16-14)11(2)3/h6-7,11-13,15H,5,8-10H2,1-4H3. The second-order valence-corrected chi connectivity index (χ2v) is 5.67. The average Bonchev–Trinajstić information content (AvgIpc) is 2.81. The molecule has 0 aromatic carbocycles. The molecule has 102 valence electrons. The highest BCUT2D eigenvalue weighted by molar-refractivity contribution is 5.01. The Morgan fingerprint density at radius 3 is 2.89 bits per heavy atom. The lowest BCUT2D eigenvalue weighted by Gasteiger charge is -2.38. The molecule has 1 fully saturated rings. The van der Waals surface area contributed by atoms with Gasteiger partial charge in [-0.1, -0.05) is 6.92 Å². The van der Waals surface area contributed by atoms with E-state index in [2.05, 4.69) is 55.3 Å². The molecule has 1 aromatic heterocycles. The van der Waals surface area contributed by atoms with E-state index < -0.39 is 0 Å². The van der Waals surface area contributed by atoms with Gasteiger partial charge in [0.25, 0.3) is 0 Å². The molecule has 4 nitrogen and oxygen atoms in total. The van der Waals surface area contributed by atoms with Gasteiger partial charge in [-0.3, -0.25) is 9.58 Å². The van der Waals surface area contributed by atoms with Gasteiger partial charge in [0, 0.05) is 44.0 Å². The SMILES string of the molecule is CCC1CN(Cc2ccn(C(C)C)n2)C(C)CN1. The summed E-state index contributed by atoms with van der Waals surface area (Å²) in [6, 6.07) is 3.82. The Labute approximate surface area is 110 Å². The normalized spacial score (nSPS) is 25.8. The van der Waals surface area contributed by atoms with E-state index in [4.69, 9.17) is 0 Å². The molecule has 0 spiro atoms. The second kappa shape index (κ2) is 5.85. The van der Waals surface area contributed by atoms with Gasteiger partial charge in [0.15, 0.2) is 0 Å². The Morgan fingerprint density at radius 1 is 1.50 bits per heavy atom. The van der Waals surface area contributed by atoms with Gasteiger partial charge < -0.3 is 5.32 Å². The van der Waals surface area contributed by atoms with Crippen LogP contribution in [0.25, 0.3) is 0 Å². The van der Waals surface area contributed by atoms with Gasteiger partial charge in [0.1, 0.15) is 0 Å². The maximum atomic E-state index is 4.64. The molecule has 2 atom stereocenters. The number of hydrogen-bond acceptors (Lipinski definition) is 3. The quantitative estimate of drug-likeness (QED) is 0.887. The van der Waals surface area contributed by atoms with E-state index in [1.165, 1.54) is 12.1 Å². The van der Waals surface area contributed by atoms with E-state index >= 15 is 0 Å². The molecule has 1 saturated heterocycles. The summed E-state index contributed by atoms with van der Waals surface area (Å²) in [6.45, 7) is 12.1. The van der Waals surface area contributed by atoms with Crippen LogP contribution in [0, 0.1) is 0 Å². The Morgan fingerprint density at radius 2 is 2.28 bits per heavy atom. The number of nitrogens with zero attached hydrogens (tertiary/aromatic N) is 3. The van der Waals surface area contributed by atoms with E-state index in [0.29, 0.717) is 18.1 Å². The summed E-state index contributed by atoms with van der Waals surface area (Å²) in [5, 5.41) is 8.23. The molecule has 0 bridgehead atoms. The van der Waals surface area contributed by atoms with Crippen LogP contribution >= 0.6 is 0 Å². The van der Waals surface area contributed by atoms with Crippen molar-refractivity contribution >= 4 is 0 Å². The first-order valence-electron chi connectivity index (χ1n) is 7.11. The van der Waals surface area contributed by atoms with Gasteiger partial charge >= 0.3 is 0 Å². The monoisotopic (exact) mass is 250 g/mol. The summed E-state index contributed by atoms with van der Waals surface area (Å²) in [7, 11) is 0. The van der Waals surface area contributed by atoms with Crippen LogP contribution in [0.5, 0.6) is 0 Å². The van der Waals surface area contributed by atoms with Crippen molar-refractivity contribution in [1.29, 1.82) is 0 Å². The third-order valence-corrected chi connectivity index (χ3v) is 3.83. The molecule has 0 radical (unpaired) electrons. The number of hydrogen-bond donors (Lipinski definition) is 1. The first-order chi connectivity index (χ1) is 8.60. The van der Waals surface area contributed by atoms with Crippen LogP contribution in [0.3, 0.4) is 0 Å². The van der Waals surface area contributed by atoms with E-state index in [0.717, 1.165) is 19.6 Å². The van der Waals surface area contributed by atoms with Crippen LogP contribution in [-0.2, 0) is 6.54 Å². The zero-order valence-corrected chi connectivity index (χ0v) is 12.1. The van der Waals surface area contributed by atoms with Crippen molar-refractivity contribution in [1.82, 2.24) is 20.0 Å². The molecule has 1 aromatic rings. The third kappa shape index (κ3) is 3.12. The molecular formula is C14H26N4. The molecule has 2 heterocycles. The molecule has 2 rings (SSSR count). The molecule has 2 unspecified atom stereocenters. The van der Waals surface area contributed by atoms with Crippen molar-refractivity contribution in [2.75, 3.05) is 13.1 Å². The van der Waals surface area contributed by atoms with Gasteiger partial charge in [-0.15, -0.1) is 0 Å². The van der Waals surface area contributed by atoms with Gasteiger partial charge in [-0.2, -0.15) is 5.10 Å². The summed E-state index contributed by atoms with van der Waals surface area (Å²) in [4.78, 5) is 2.54. The summed E-state index contributed by atoms with van der Waals surface area (Å²) in [5.41, 5.74) is 1.19. The first kappa shape index (κ1) is 13.6. The number of aromatic nitrogens is 2. The van der Waals surface area contributed by atoms with Crippen molar-refractivity contribution in [2.45, 2.75) is 58.8 Å². The molecule has 0 saturated carbocycles. The van der Waals surface area contributed by atoms with Crippen LogP contribution in [-0.4, -0.2) is 39.9 Å². The van der Waals surface area contributed by atoms with Gasteiger partial charge in [-0.25, -0.2) is 0 Å². The van der Waals surface area contributed by atoms with E-state index in [1.54, 1.807) is 0 Å². The maximum Gasteiger partial charge on any atom is 0.0765 e. The highest BCUT2D eigenvalue weighted by Crippen LogP contribution is 2.13. The van der Waals surface area contributed by atoms with Gasteiger partial charge in [-0.05, 0) is 33.3 Å². The predicted molar refractivity (Wildman–Crippen MR) is 74.6 cm³/mol. The summed E-state index contributed by atoms with van der Waals surface area (Å²) < 4.78 is 2.04.